The molecule has 0 radical (unpaired) electrons. The highest BCUT2D eigenvalue weighted by molar-refractivity contribution is 7.91. The van der Waals surface area contributed by atoms with Crippen LogP contribution in [0.5, 0.6) is 0 Å². The van der Waals surface area contributed by atoms with Crippen LogP contribution in [0.15, 0.2) is 10.3 Å². The van der Waals surface area contributed by atoms with Crippen LogP contribution in [0.4, 0.5) is 0 Å². The van der Waals surface area contributed by atoms with Crippen molar-refractivity contribution in [2.24, 2.45) is 0 Å². The van der Waals surface area contributed by atoms with Crippen LogP contribution in [0.25, 0.3) is 0 Å². The van der Waals surface area contributed by atoms with Crippen LogP contribution in [-0.4, -0.2) is 14.5 Å². The van der Waals surface area contributed by atoms with Gasteiger partial charge in [-0.2, -0.15) is 0 Å². The molecule has 0 bridgehead atoms. The van der Waals surface area contributed by atoms with Crippen molar-refractivity contribution in [3.63, 3.8) is 0 Å². The van der Waals surface area contributed by atoms with Crippen molar-refractivity contribution in [3.05, 3.63) is 16.0 Å². The predicted octanol–water partition coefficient (Wildman–Crippen LogP) is 2.93. The second-order valence-electron chi connectivity index (χ2n) is 4.12. The molecule has 90 valence electrons. The summed E-state index contributed by atoms with van der Waals surface area (Å²) in [5, 5.41) is 0. The van der Waals surface area contributed by atoms with E-state index in [1.54, 1.807) is 6.07 Å². The molecule has 1 aromatic heterocycles. The third kappa shape index (κ3) is 2.59. The summed E-state index contributed by atoms with van der Waals surface area (Å²) in [4.78, 5) is 0. The maximum atomic E-state index is 12.0. The largest absolute Gasteiger partial charge is 0.250 e. The molecule has 1 aromatic rings. The van der Waals surface area contributed by atoms with E-state index in [9.17, 15) is 8.42 Å². The minimum atomic E-state index is -3.36. The summed E-state index contributed by atoms with van der Waals surface area (Å²) < 4.78 is 27.6. The Balaban J connectivity index is 2.18. The van der Waals surface area contributed by atoms with Crippen LogP contribution in [0, 0.1) is 6.92 Å². The van der Waals surface area contributed by atoms with Crippen LogP contribution >= 0.6 is 22.9 Å². The molecule has 16 heavy (non-hydrogen) atoms. The number of hydrogen-bond donors (Lipinski definition) is 1. The molecule has 1 N–H and O–H groups in total. The lowest BCUT2D eigenvalue weighted by Gasteiger charge is -2.10. The molecular weight excluding hydrogens is 266 g/mol. The number of nitrogens with one attached hydrogen (secondary N) is 1. The van der Waals surface area contributed by atoms with E-state index < -0.39 is 10.0 Å². The lowest BCUT2D eigenvalue weighted by molar-refractivity contribution is 0.554. The van der Waals surface area contributed by atoms with E-state index in [1.807, 2.05) is 6.92 Å². The third-order valence-electron chi connectivity index (χ3n) is 2.78. The molecule has 0 amide bonds. The Bertz CT molecular complexity index is 456. The Morgan fingerprint density at radius 3 is 2.56 bits per heavy atom. The maximum Gasteiger partial charge on any atom is 0.250 e. The van der Waals surface area contributed by atoms with Gasteiger partial charge < -0.3 is 0 Å². The van der Waals surface area contributed by atoms with Crippen LogP contribution < -0.4 is 4.72 Å². The van der Waals surface area contributed by atoms with Crippen molar-refractivity contribution in [2.75, 3.05) is 0 Å². The number of sulfonamides is 1. The summed E-state index contributed by atoms with van der Waals surface area (Å²) in [6.07, 6.45) is 4.10. The van der Waals surface area contributed by atoms with Crippen LogP contribution in [-0.2, 0) is 10.0 Å². The van der Waals surface area contributed by atoms with E-state index in [2.05, 4.69) is 4.72 Å². The molecule has 0 aliphatic heterocycles. The molecule has 2 rings (SSSR count). The topological polar surface area (TPSA) is 46.2 Å². The van der Waals surface area contributed by atoms with E-state index in [0.29, 0.717) is 8.55 Å². The average molecular weight is 280 g/mol. The Hall–Kier alpha value is -0.100. The summed E-state index contributed by atoms with van der Waals surface area (Å²) in [7, 11) is -3.36. The quantitative estimate of drug-likeness (QED) is 0.925. The minimum absolute atomic E-state index is 0.103. The Kier molecular flexibility index (Phi) is 3.59. The van der Waals surface area contributed by atoms with Gasteiger partial charge in [-0.1, -0.05) is 24.4 Å². The Morgan fingerprint density at radius 2 is 2.06 bits per heavy atom. The van der Waals surface area contributed by atoms with E-state index in [-0.39, 0.29) is 6.04 Å². The van der Waals surface area contributed by atoms with Crippen LogP contribution in [0.2, 0.25) is 4.34 Å². The molecule has 0 spiro atoms. The van der Waals surface area contributed by atoms with Gasteiger partial charge in [-0.15, -0.1) is 11.3 Å². The van der Waals surface area contributed by atoms with E-state index in [1.165, 1.54) is 0 Å². The fraction of sp³-hybridized carbons (Fsp3) is 0.600. The molecule has 1 saturated carbocycles. The van der Waals surface area contributed by atoms with Gasteiger partial charge >= 0.3 is 0 Å². The van der Waals surface area contributed by atoms with Gasteiger partial charge in [-0.3, -0.25) is 0 Å². The minimum Gasteiger partial charge on any atom is -0.207 e. The van der Waals surface area contributed by atoms with E-state index in [0.717, 1.165) is 42.6 Å². The molecule has 1 aliphatic carbocycles. The predicted molar refractivity (Wildman–Crippen MR) is 66.6 cm³/mol. The summed E-state index contributed by atoms with van der Waals surface area (Å²) >= 11 is 7.00. The first-order valence-corrected chi connectivity index (χ1v) is 7.95. The standard InChI is InChI=1S/C10H14ClNO2S2/c1-7-6-9(15-10(7)11)16(13,14)12-8-4-2-3-5-8/h6,8,12H,2-5H2,1H3. The lowest BCUT2D eigenvalue weighted by Crippen LogP contribution is -2.32. The van der Waals surface area contributed by atoms with Crippen molar-refractivity contribution >= 4 is 33.0 Å². The highest BCUT2D eigenvalue weighted by Gasteiger charge is 2.24. The first-order valence-electron chi connectivity index (χ1n) is 5.27. The Morgan fingerprint density at radius 1 is 1.44 bits per heavy atom. The van der Waals surface area contributed by atoms with Gasteiger partial charge in [0.15, 0.2) is 0 Å². The second kappa shape index (κ2) is 4.64. The molecule has 1 fully saturated rings. The smallest absolute Gasteiger partial charge is 0.207 e. The summed E-state index contributed by atoms with van der Waals surface area (Å²) in [6, 6.07) is 1.73. The van der Waals surface area contributed by atoms with Gasteiger partial charge in [-0.05, 0) is 31.4 Å². The molecule has 3 nitrogen and oxygen atoms in total. The van der Waals surface area contributed by atoms with Gasteiger partial charge in [0.25, 0.3) is 0 Å². The molecule has 6 heteroatoms. The van der Waals surface area contributed by atoms with Crippen LogP contribution in [0.3, 0.4) is 0 Å². The second-order valence-corrected chi connectivity index (χ2v) is 7.72. The fourth-order valence-electron chi connectivity index (χ4n) is 1.89. The van der Waals surface area contributed by atoms with Crippen molar-refractivity contribution < 1.29 is 8.42 Å². The molecule has 1 aliphatic rings. The molecular formula is C10H14ClNO2S2. The number of thiophene rings is 1. The van der Waals surface area contributed by atoms with Gasteiger partial charge in [0.05, 0.1) is 4.34 Å². The number of rotatable bonds is 3. The van der Waals surface area contributed by atoms with Crippen LogP contribution in [0.1, 0.15) is 31.2 Å². The molecule has 0 unspecified atom stereocenters. The monoisotopic (exact) mass is 279 g/mol. The van der Waals surface area contributed by atoms with Crippen molar-refractivity contribution in [1.82, 2.24) is 4.72 Å². The molecule has 1 heterocycles. The highest BCUT2D eigenvalue weighted by Crippen LogP contribution is 2.30. The zero-order valence-electron chi connectivity index (χ0n) is 8.99. The van der Waals surface area contributed by atoms with Gasteiger partial charge in [0, 0.05) is 6.04 Å². The molecule has 0 saturated heterocycles. The normalized spacial score (nSPS) is 18.1. The van der Waals surface area contributed by atoms with E-state index in [4.69, 9.17) is 11.6 Å². The van der Waals surface area contributed by atoms with Crippen molar-refractivity contribution in [3.8, 4) is 0 Å². The van der Waals surface area contributed by atoms with Crippen molar-refractivity contribution in [2.45, 2.75) is 42.9 Å². The maximum absolute atomic E-state index is 12.0. The summed E-state index contributed by atoms with van der Waals surface area (Å²) in [5.74, 6) is 0. The zero-order valence-corrected chi connectivity index (χ0v) is 11.4. The average Bonchev–Trinajstić information content (AvgIpc) is 2.78. The first-order chi connectivity index (χ1) is 7.49. The Labute approximate surface area is 105 Å². The highest BCUT2D eigenvalue weighted by atomic mass is 35.5. The van der Waals surface area contributed by atoms with Gasteiger partial charge in [-0.25, -0.2) is 13.1 Å². The third-order valence-corrected chi connectivity index (χ3v) is 6.33. The SMILES string of the molecule is Cc1cc(S(=O)(=O)NC2CCCC2)sc1Cl. The molecule has 0 atom stereocenters. The lowest BCUT2D eigenvalue weighted by atomic mass is 10.3. The molecule has 0 aromatic carbocycles. The number of aryl methyl sites for hydroxylation is 1. The summed E-state index contributed by atoms with van der Waals surface area (Å²) in [6.45, 7) is 1.81. The number of halogens is 1. The van der Waals surface area contributed by atoms with Gasteiger partial charge in [0.2, 0.25) is 10.0 Å². The summed E-state index contributed by atoms with van der Waals surface area (Å²) in [5.41, 5.74) is 0.818. The fourth-order valence-corrected chi connectivity index (χ4v) is 4.91. The number of hydrogen-bond acceptors (Lipinski definition) is 3. The first kappa shape index (κ1) is 12.4. The zero-order chi connectivity index (χ0) is 11.8. The van der Waals surface area contributed by atoms with Gasteiger partial charge in [0.1, 0.15) is 4.21 Å². The van der Waals surface area contributed by atoms with Crippen molar-refractivity contribution in [1.29, 1.82) is 0 Å². The van der Waals surface area contributed by atoms with E-state index >= 15 is 0 Å².